The normalized spacial score (nSPS) is 11.5. The Labute approximate surface area is 161 Å². The van der Waals surface area contributed by atoms with Gasteiger partial charge in [0, 0.05) is 44.1 Å². The average Bonchev–Trinajstić information content (AvgIpc) is 2.64. The lowest BCUT2D eigenvalue weighted by atomic mass is 10.1. The molecule has 0 spiro atoms. The van der Waals surface area contributed by atoms with Crippen molar-refractivity contribution in [3.63, 3.8) is 0 Å². The van der Waals surface area contributed by atoms with Crippen LogP contribution in [-0.4, -0.2) is 45.8 Å². The van der Waals surface area contributed by atoms with Gasteiger partial charge in [-0.25, -0.2) is 8.42 Å². The Balaban J connectivity index is 2.29. The van der Waals surface area contributed by atoms with Crippen LogP contribution >= 0.6 is 0 Å². The van der Waals surface area contributed by atoms with Crippen LogP contribution in [0.15, 0.2) is 47.4 Å². The standard InChI is InChI=1S/C20H27N3O3S/c1-6-23(7-2)27(25,26)19-14-17(11-8-15(19)3)21-20(24)16-9-12-18(13-10-16)22(4)5/h8-14H,6-7H2,1-5H3,(H,21,24). The molecule has 0 fully saturated rings. The quantitative estimate of drug-likeness (QED) is 0.788. The van der Waals surface area contributed by atoms with Crippen LogP contribution in [0.4, 0.5) is 11.4 Å². The van der Waals surface area contributed by atoms with Gasteiger partial charge in [0.05, 0.1) is 4.90 Å². The number of hydrogen-bond acceptors (Lipinski definition) is 4. The SMILES string of the molecule is CCN(CC)S(=O)(=O)c1cc(NC(=O)c2ccc(N(C)C)cc2)ccc1C. The fraction of sp³-hybridized carbons (Fsp3) is 0.350. The first-order chi connectivity index (χ1) is 12.7. The molecule has 27 heavy (non-hydrogen) atoms. The third-order valence-electron chi connectivity index (χ3n) is 4.42. The topological polar surface area (TPSA) is 69.7 Å². The van der Waals surface area contributed by atoms with Crippen LogP contribution in [0.1, 0.15) is 29.8 Å². The first-order valence-electron chi connectivity index (χ1n) is 8.90. The van der Waals surface area contributed by atoms with Crippen LogP contribution in [0.2, 0.25) is 0 Å². The largest absolute Gasteiger partial charge is 0.378 e. The third kappa shape index (κ3) is 4.67. The van der Waals surface area contributed by atoms with E-state index < -0.39 is 10.0 Å². The average molecular weight is 390 g/mol. The van der Waals surface area contributed by atoms with E-state index in [-0.39, 0.29) is 10.8 Å². The Morgan fingerprint density at radius 1 is 1.00 bits per heavy atom. The van der Waals surface area contributed by atoms with Crippen molar-refractivity contribution in [1.29, 1.82) is 0 Å². The van der Waals surface area contributed by atoms with E-state index in [9.17, 15) is 13.2 Å². The Morgan fingerprint density at radius 3 is 2.11 bits per heavy atom. The molecule has 2 aromatic carbocycles. The van der Waals surface area contributed by atoms with Crippen molar-refractivity contribution >= 4 is 27.3 Å². The van der Waals surface area contributed by atoms with Gasteiger partial charge in [-0.2, -0.15) is 4.31 Å². The van der Waals surface area contributed by atoms with E-state index in [0.717, 1.165) is 5.69 Å². The summed E-state index contributed by atoms with van der Waals surface area (Å²) in [6.07, 6.45) is 0. The van der Waals surface area contributed by atoms with Gasteiger partial charge in [-0.1, -0.05) is 19.9 Å². The molecule has 2 rings (SSSR count). The first kappa shape index (κ1) is 20.9. The highest BCUT2D eigenvalue weighted by Crippen LogP contribution is 2.24. The highest BCUT2D eigenvalue weighted by molar-refractivity contribution is 7.89. The summed E-state index contributed by atoms with van der Waals surface area (Å²) in [5.74, 6) is -0.282. The number of amides is 1. The second-order valence-electron chi connectivity index (χ2n) is 6.47. The summed E-state index contributed by atoms with van der Waals surface area (Å²) in [5.41, 5.74) is 2.60. The van der Waals surface area contributed by atoms with E-state index in [1.165, 1.54) is 10.4 Å². The van der Waals surface area contributed by atoms with Crippen LogP contribution < -0.4 is 10.2 Å². The molecule has 146 valence electrons. The van der Waals surface area contributed by atoms with Crippen molar-refractivity contribution in [3.05, 3.63) is 53.6 Å². The molecule has 6 nitrogen and oxygen atoms in total. The second-order valence-corrected chi connectivity index (χ2v) is 8.37. The van der Waals surface area contributed by atoms with Crippen LogP contribution in [-0.2, 0) is 10.0 Å². The lowest BCUT2D eigenvalue weighted by Crippen LogP contribution is -2.31. The maximum absolute atomic E-state index is 12.8. The van der Waals surface area contributed by atoms with Gasteiger partial charge in [0.15, 0.2) is 0 Å². The van der Waals surface area contributed by atoms with Crippen LogP contribution in [0.25, 0.3) is 0 Å². The summed E-state index contributed by atoms with van der Waals surface area (Å²) in [7, 11) is 0.266. The second kappa shape index (κ2) is 8.54. The lowest BCUT2D eigenvalue weighted by molar-refractivity contribution is 0.102. The predicted molar refractivity (Wildman–Crippen MR) is 110 cm³/mol. The number of carbonyl (C=O) groups is 1. The van der Waals surface area contributed by atoms with Gasteiger partial charge in [-0.05, 0) is 48.9 Å². The highest BCUT2D eigenvalue weighted by atomic mass is 32.2. The summed E-state index contributed by atoms with van der Waals surface area (Å²) >= 11 is 0. The van der Waals surface area contributed by atoms with Gasteiger partial charge in [-0.3, -0.25) is 4.79 Å². The predicted octanol–water partition coefficient (Wildman–Crippen LogP) is 3.34. The summed E-state index contributed by atoms with van der Waals surface area (Å²) in [6, 6.07) is 12.2. The van der Waals surface area contributed by atoms with Gasteiger partial charge in [0.1, 0.15) is 0 Å². The first-order valence-corrected chi connectivity index (χ1v) is 10.3. The zero-order valence-electron chi connectivity index (χ0n) is 16.5. The highest BCUT2D eigenvalue weighted by Gasteiger charge is 2.24. The minimum Gasteiger partial charge on any atom is -0.378 e. The van der Waals surface area contributed by atoms with Crippen molar-refractivity contribution in [2.24, 2.45) is 0 Å². The van der Waals surface area contributed by atoms with Gasteiger partial charge >= 0.3 is 0 Å². The number of nitrogens with zero attached hydrogens (tertiary/aromatic N) is 2. The molecule has 0 aliphatic rings. The maximum atomic E-state index is 12.8. The van der Waals surface area contributed by atoms with Crippen molar-refractivity contribution in [1.82, 2.24) is 4.31 Å². The Morgan fingerprint density at radius 2 is 1.59 bits per heavy atom. The van der Waals surface area contributed by atoms with E-state index in [4.69, 9.17) is 0 Å². The maximum Gasteiger partial charge on any atom is 0.255 e. The van der Waals surface area contributed by atoms with Gasteiger partial charge in [0.2, 0.25) is 10.0 Å². The molecule has 0 atom stereocenters. The van der Waals surface area contributed by atoms with Crippen molar-refractivity contribution in [2.75, 3.05) is 37.4 Å². The summed E-state index contributed by atoms with van der Waals surface area (Å²) in [4.78, 5) is 14.7. The van der Waals surface area contributed by atoms with Crippen molar-refractivity contribution in [3.8, 4) is 0 Å². The zero-order chi connectivity index (χ0) is 20.2. The molecule has 0 saturated carbocycles. The summed E-state index contributed by atoms with van der Waals surface area (Å²) < 4.78 is 27.1. The number of carbonyl (C=O) groups excluding carboxylic acids is 1. The number of aryl methyl sites for hydroxylation is 1. The van der Waals surface area contributed by atoms with Crippen molar-refractivity contribution < 1.29 is 13.2 Å². The number of benzene rings is 2. The molecule has 0 saturated heterocycles. The number of nitrogens with one attached hydrogen (secondary N) is 1. The van der Waals surface area contributed by atoms with Crippen LogP contribution in [0.5, 0.6) is 0 Å². The van der Waals surface area contributed by atoms with E-state index in [1.54, 1.807) is 45.0 Å². The molecule has 0 aromatic heterocycles. The number of hydrogen-bond donors (Lipinski definition) is 1. The van der Waals surface area contributed by atoms with Crippen LogP contribution in [0, 0.1) is 6.92 Å². The molecule has 0 heterocycles. The molecule has 0 aliphatic heterocycles. The van der Waals surface area contributed by atoms with E-state index >= 15 is 0 Å². The molecule has 1 amide bonds. The minimum atomic E-state index is -3.59. The third-order valence-corrected chi connectivity index (χ3v) is 6.61. The molecule has 1 N–H and O–H groups in total. The van der Waals surface area contributed by atoms with Crippen LogP contribution in [0.3, 0.4) is 0 Å². The molecule has 0 aliphatic carbocycles. The zero-order valence-corrected chi connectivity index (χ0v) is 17.3. The van der Waals surface area contributed by atoms with Gasteiger partial charge in [-0.15, -0.1) is 0 Å². The number of rotatable bonds is 7. The molecule has 7 heteroatoms. The number of anilines is 2. The molecule has 0 bridgehead atoms. The van der Waals surface area contributed by atoms with Gasteiger partial charge < -0.3 is 10.2 Å². The molecule has 0 radical (unpaired) electrons. The summed E-state index contributed by atoms with van der Waals surface area (Å²) in [5, 5.41) is 2.79. The summed E-state index contributed by atoms with van der Waals surface area (Å²) in [6.45, 7) is 6.15. The minimum absolute atomic E-state index is 0.215. The van der Waals surface area contributed by atoms with E-state index in [1.807, 2.05) is 31.1 Å². The molecule has 2 aromatic rings. The Hall–Kier alpha value is -2.38. The lowest BCUT2D eigenvalue weighted by Gasteiger charge is -2.20. The molecular formula is C20H27N3O3S. The Bertz CT molecular complexity index is 903. The van der Waals surface area contributed by atoms with E-state index in [2.05, 4.69) is 5.32 Å². The Kier molecular flexibility index (Phi) is 6.62. The van der Waals surface area contributed by atoms with Gasteiger partial charge in [0.25, 0.3) is 5.91 Å². The molecular weight excluding hydrogens is 362 g/mol. The smallest absolute Gasteiger partial charge is 0.255 e. The molecule has 0 unspecified atom stereocenters. The number of sulfonamides is 1. The van der Waals surface area contributed by atoms with E-state index in [0.29, 0.717) is 29.9 Å². The monoisotopic (exact) mass is 389 g/mol. The fourth-order valence-electron chi connectivity index (χ4n) is 2.77. The fourth-order valence-corrected chi connectivity index (χ4v) is 4.48. The van der Waals surface area contributed by atoms with Crippen molar-refractivity contribution in [2.45, 2.75) is 25.7 Å².